The second-order valence-electron chi connectivity index (χ2n) is 4.12. The fraction of sp³-hybridized carbons (Fsp3) is 0.500. The first kappa shape index (κ1) is 14.5. The number of morpholine rings is 1. The van der Waals surface area contributed by atoms with E-state index in [4.69, 9.17) is 21.5 Å². The van der Waals surface area contributed by atoms with Gasteiger partial charge >= 0.3 is 0 Å². The number of primary sulfonamides is 1. The van der Waals surface area contributed by atoms with Crippen LogP contribution in [0.2, 0.25) is 5.02 Å². The zero-order valence-corrected chi connectivity index (χ0v) is 11.7. The van der Waals surface area contributed by atoms with Crippen molar-refractivity contribution in [2.45, 2.75) is 11.0 Å². The highest BCUT2D eigenvalue weighted by Gasteiger charge is 2.15. The molecule has 0 spiro atoms. The topological polar surface area (TPSA) is 106 Å². The van der Waals surface area contributed by atoms with Crippen molar-refractivity contribution < 1.29 is 13.2 Å². The predicted octanol–water partition coefficient (Wildman–Crippen LogP) is -0.217. The van der Waals surface area contributed by atoms with Crippen LogP contribution in [0.15, 0.2) is 17.2 Å². The van der Waals surface area contributed by atoms with Gasteiger partial charge < -0.3 is 15.4 Å². The van der Waals surface area contributed by atoms with Crippen molar-refractivity contribution >= 4 is 27.4 Å². The van der Waals surface area contributed by atoms with Gasteiger partial charge in [-0.1, -0.05) is 11.6 Å². The summed E-state index contributed by atoms with van der Waals surface area (Å²) in [6, 6.07) is 1.27. The molecule has 106 valence electrons. The van der Waals surface area contributed by atoms with Gasteiger partial charge in [0.2, 0.25) is 10.0 Å². The highest BCUT2D eigenvalue weighted by Crippen LogP contribution is 2.21. The van der Waals surface area contributed by atoms with Gasteiger partial charge in [0.25, 0.3) is 0 Å². The molecule has 2 rings (SSSR count). The molecule has 19 heavy (non-hydrogen) atoms. The lowest BCUT2D eigenvalue weighted by molar-refractivity contribution is 0.0372. The molecular weight excluding hydrogens is 292 g/mol. The molecule has 9 heteroatoms. The number of nitrogens with one attached hydrogen (secondary N) is 2. The third-order valence-corrected chi connectivity index (χ3v) is 3.81. The van der Waals surface area contributed by atoms with Crippen LogP contribution >= 0.6 is 11.6 Å². The van der Waals surface area contributed by atoms with Crippen LogP contribution in [0.5, 0.6) is 0 Å². The highest BCUT2D eigenvalue weighted by atomic mass is 35.5. The summed E-state index contributed by atoms with van der Waals surface area (Å²) in [5.41, 5.74) is 0. The predicted molar refractivity (Wildman–Crippen MR) is 71.7 cm³/mol. The van der Waals surface area contributed by atoms with Gasteiger partial charge in [-0.05, 0) is 6.07 Å². The zero-order valence-electron chi connectivity index (χ0n) is 10.1. The van der Waals surface area contributed by atoms with Crippen LogP contribution in [-0.4, -0.2) is 45.7 Å². The average Bonchev–Trinajstić information content (AvgIpc) is 2.37. The molecule has 0 radical (unpaired) electrons. The van der Waals surface area contributed by atoms with E-state index in [1.807, 2.05) is 0 Å². The van der Waals surface area contributed by atoms with Crippen molar-refractivity contribution in [1.82, 2.24) is 10.3 Å². The first-order valence-electron chi connectivity index (χ1n) is 5.71. The lowest BCUT2D eigenvalue weighted by Crippen LogP contribution is -2.42. The monoisotopic (exact) mass is 306 g/mol. The number of sulfonamides is 1. The molecule has 0 aliphatic carbocycles. The maximum Gasteiger partial charge on any atom is 0.239 e. The second kappa shape index (κ2) is 6.02. The molecule has 1 aromatic heterocycles. The van der Waals surface area contributed by atoms with E-state index in [1.54, 1.807) is 0 Å². The summed E-state index contributed by atoms with van der Waals surface area (Å²) in [6.07, 6.45) is 1.20. The number of nitrogens with zero attached hydrogens (tertiary/aromatic N) is 1. The van der Waals surface area contributed by atoms with Gasteiger partial charge in [-0.25, -0.2) is 18.5 Å². The molecular formula is C10H15ClN4O3S. The van der Waals surface area contributed by atoms with E-state index >= 15 is 0 Å². The van der Waals surface area contributed by atoms with Crippen LogP contribution in [0.25, 0.3) is 0 Å². The second-order valence-corrected chi connectivity index (χ2v) is 6.09. The number of ether oxygens (including phenoxy) is 1. The van der Waals surface area contributed by atoms with Gasteiger partial charge in [-0.2, -0.15) is 0 Å². The fourth-order valence-electron chi connectivity index (χ4n) is 1.67. The number of anilines is 1. The molecule has 0 saturated carbocycles. The van der Waals surface area contributed by atoms with Crippen LogP contribution in [0.3, 0.4) is 0 Å². The number of pyridine rings is 1. The van der Waals surface area contributed by atoms with Crippen molar-refractivity contribution in [3.8, 4) is 0 Å². The van der Waals surface area contributed by atoms with E-state index in [-0.39, 0.29) is 16.0 Å². The minimum atomic E-state index is -3.79. The Morgan fingerprint density at radius 1 is 1.63 bits per heavy atom. The van der Waals surface area contributed by atoms with Gasteiger partial charge in [-0.15, -0.1) is 0 Å². The largest absolute Gasteiger partial charge is 0.374 e. The van der Waals surface area contributed by atoms with E-state index in [0.717, 1.165) is 13.1 Å². The summed E-state index contributed by atoms with van der Waals surface area (Å²) in [5.74, 6) is 0.406. The van der Waals surface area contributed by atoms with Gasteiger partial charge in [0, 0.05) is 25.8 Å². The molecule has 1 saturated heterocycles. The molecule has 1 atom stereocenters. The summed E-state index contributed by atoms with van der Waals surface area (Å²) >= 11 is 5.95. The SMILES string of the molecule is NS(=O)(=O)c1cnc(NC[C@H]2CNCCO2)c(Cl)c1. The number of aromatic nitrogens is 1. The molecule has 0 unspecified atom stereocenters. The summed E-state index contributed by atoms with van der Waals surface area (Å²) in [7, 11) is -3.79. The Kier molecular flexibility index (Phi) is 4.58. The van der Waals surface area contributed by atoms with E-state index < -0.39 is 10.0 Å². The van der Waals surface area contributed by atoms with Crippen LogP contribution in [0, 0.1) is 0 Å². The van der Waals surface area contributed by atoms with Crippen LogP contribution in [-0.2, 0) is 14.8 Å². The van der Waals surface area contributed by atoms with Gasteiger partial charge in [0.15, 0.2) is 0 Å². The van der Waals surface area contributed by atoms with E-state index in [1.165, 1.54) is 12.3 Å². The molecule has 1 fully saturated rings. The van der Waals surface area contributed by atoms with Crippen molar-refractivity contribution in [3.63, 3.8) is 0 Å². The first-order valence-corrected chi connectivity index (χ1v) is 7.64. The van der Waals surface area contributed by atoms with E-state index in [0.29, 0.717) is 19.0 Å². The normalized spacial score (nSPS) is 20.2. The first-order chi connectivity index (χ1) is 8.97. The molecule has 1 aromatic rings. The van der Waals surface area contributed by atoms with Crippen molar-refractivity contribution in [2.24, 2.45) is 5.14 Å². The molecule has 4 N–H and O–H groups in total. The zero-order chi connectivity index (χ0) is 13.9. The average molecular weight is 307 g/mol. The summed E-state index contributed by atoms with van der Waals surface area (Å²) in [6.45, 7) is 2.80. The summed E-state index contributed by atoms with van der Waals surface area (Å²) in [5, 5.41) is 11.4. The molecule has 1 aliphatic heterocycles. The molecule has 0 amide bonds. The third kappa shape index (κ3) is 4.02. The number of rotatable bonds is 4. The smallest absolute Gasteiger partial charge is 0.239 e. The van der Waals surface area contributed by atoms with Crippen LogP contribution in [0.1, 0.15) is 0 Å². The molecule has 2 heterocycles. The molecule has 7 nitrogen and oxygen atoms in total. The summed E-state index contributed by atoms with van der Waals surface area (Å²) < 4.78 is 27.8. The quantitative estimate of drug-likeness (QED) is 0.710. The fourth-order valence-corrected chi connectivity index (χ4v) is 2.45. The number of nitrogens with two attached hydrogens (primary N) is 1. The maximum atomic E-state index is 11.1. The maximum absolute atomic E-state index is 11.1. The van der Waals surface area contributed by atoms with Gasteiger partial charge in [-0.3, -0.25) is 0 Å². The number of hydrogen-bond acceptors (Lipinski definition) is 6. The summed E-state index contributed by atoms with van der Waals surface area (Å²) in [4.78, 5) is 3.84. The Hall–Kier alpha value is -0.930. The van der Waals surface area contributed by atoms with Crippen molar-refractivity contribution in [1.29, 1.82) is 0 Å². The Balaban J connectivity index is 2.01. The van der Waals surface area contributed by atoms with E-state index in [9.17, 15) is 8.42 Å². The van der Waals surface area contributed by atoms with Crippen LogP contribution in [0.4, 0.5) is 5.82 Å². The Bertz CT molecular complexity index is 546. The number of hydrogen-bond donors (Lipinski definition) is 3. The standard InChI is InChI=1S/C10H15ClN4O3S/c11-9-3-8(19(12,16)17)6-15-10(9)14-5-7-4-13-1-2-18-7/h3,6-7,13H,1-2,4-5H2,(H,14,15)(H2,12,16,17)/t7-/m1/s1. The third-order valence-electron chi connectivity index (χ3n) is 2.65. The van der Waals surface area contributed by atoms with Gasteiger partial charge in [0.1, 0.15) is 10.7 Å². The van der Waals surface area contributed by atoms with Gasteiger partial charge in [0.05, 0.1) is 17.7 Å². The van der Waals surface area contributed by atoms with Crippen LogP contribution < -0.4 is 15.8 Å². The Labute approximate surface area is 116 Å². The molecule has 1 aliphatic rings. The van der Waals surface area contributed by atoms with E-state index in [2.05, 4.69) is 15.6 Å². The number of halogens is 1. The Morgan fingerprint density at radius 3 is 3.00 bits per heavy atom. The minimum Gasteiger partial charge on any atom is -0.374 e. The lowest BCUT2D eigenvalue weighted by Gasteiger charge is -2.24. The Morgan fingerprint density at radius 2 is 2.42 bits per heavy atom. The lowest BCUT2D eigenvalue weighted by atomic mass is 10.3. The minimum absolute atomic E-state index is 0.0320. The molecule has 0 aromatic carbocycles. The van der Waals surface area contributed by atoms with Crippen molar-refractivity contribution in [3.05, 3.63) is 17.3 Å². The van der Waals surface area contributed by atoms with Crippen molar-refractivity contribution in [2.75, 3.05) is 31.6 Å². The molecule has 0 bridgehead atoms. The highest BCUT2D eigenvalue weighted by molar-refractivity contribution is 7.89.